The molecule has 3 aromatic heterocycles. The number of hydrogen-bond acceptors (Lipinski definition) is 6. The van der Waals surface area contributed by atoms with Crippen molar-refractivity contribution in [2.24, 2.45) is 0 Å². The van der Waals surface area contributed by atoms with Crippen molar-refractivity contribution >= 4 is 28.2 Å². The summed E-state index contributed by atoms with van der Waals surface area (Å²) < 4.78 is 1.72. The Bertz CT molecular complexity index is 851. The lowest BCUT2D eigenvalue weighted by Crippen LogP contribution is -2.24. The van der Waals surface area contributed by atoms with Gasteiger partial charge in [-0.3, -0.25) is 9.36 Å². The first-order valence-electron chi connectivity index (χ1n) is 6.31. The number of anilines is 1. The van der Waals surface area contributed by atoms with Crippen molar-refractivity contribution in [2.75, 3.05) is 5.73 Å². The summed E-state index contributed by atoms with van der Waals surface area (Å²) in [5.41, 5.74) is 10.2. The van der Waals surface area contributed by atoms with Crippen LogP contribution in [0, 0.1) is 0 Å². The third-order valence-electron chi connectivity index (χ3n) is 3.40. The number of nitrogen functional groups attached to an aromatic ring is 1. The van der Waals surface area contributed by atoms with E-state index in [1.807, 2.05) is 5.38 Å². The molecule has 1 aliphatic carbocycles. The van der Waals surface area contributed by atoms with Crippen molar-refractivity contribution < 1.29 is 0 Å². The molecule has 0 unspecified atom stereocenters. The summed E-state index contributed by atoms with van der Waals surface area (Å²) in [6.07, 6.45) is 3.60. The van der Waals surface area contributed by atoms with Gasteiger partial charge in [-0.15, -0.1) is 11.3 Å². The van der Waals surface area contributed by atoms with Crippen LogP contribution in [0.3, 0.4) is 0 Å². The third kappa shape index (κ3) is 1.63. The highest BCUT2D eigenvalue weighted by Gasteiger charge is 2.29. The number of aromatic nitrogens is 4. The van der Waals surface area contributed by atoms with Gasteiger partial charge in [-0.2, -0.15) is 0 Å². The molecular formula is C13H11N5OS. The summed E-state index contributed by atoms with van der Waals surface area (Å²) in [5, 5.41) is 1.82. The molecule has 0 aliphatic heterocycles. The standard InChI is InChI=1S/C13H11N5OS/c14-8-3-4-15-12-10(8)17-11(9-5-20-6-16-9)13(19)18(12)7-1-2-7/h3-7H,1-2H2,(H2,14,15). The zero-order chi connectivity index (χ0) is 13.7. The Morgan fingerprint density at radius 2 is 2.20 bits per heavy atom. The van der Waals surface area contributed by atoms with Crippen molar-refractivity contribution in [3.8, 4) is 11.4 Å². The van der Waals surface area contributed by atoms with Gasteiger partial charge in [0.1, 0.15) is 11.2 Å². The Hall–Kier alpha value is -2.28. The first kappa shape index (κ1) is 11.5. The van der Waals surface area contributed by atoms with Gasteiger partial charge in [0.25, 0.3) is 5.56 Å². The zero-order valence-corrected chi connectivity index (χ0v) is 11.3. The van der Waals surface area contributed by atoms with Crippen LogP contribution in [0.5, 0.6) is 0 Å². The maximum atomic E-state index is 12.7. The average Bonchev–Trinajstić information content (AvgIpc) is 3.13. The number of pyridine rings is 1. The highest BCUT2D eigenvalue weighted by atomic mass is 32.1. The number of nitrogens with two attached hydrogens (primary N) is 1. The lowest BCUT2D eigenvalue weighted by atomic mass is 10.3. The number of fused-ring (bicyclic) bond motifs is 1. The molecule has 4 rings (SSSR count). The minimum absolute atomic E-state index is 0.135. The molecule has 1 fully saturated rings. The molecule has 7 heteroatoms. The molecule has 0 radical (unpaired) electrons. The molecule has 3 heterocycles. The van der Waals surface area contributed by atoms with E-state index in [0.717, 1.165) is 12.8 Å². The average molecular weight is 285 g/mol. The molecule has 0 bridgehead atoms. The second kappa shape index (κ2) is 4.11. The van der Waals surface area contributed by atoms with Gasteiger partial charge in [0, 0.05) is 17.6 Å². The first-order valence-corrected chi connectivity index (χ1v) is 7.25. The minimum Gasteiger partial charge on any atom is -0.397 e. The van der Waals surface area contributed by atoms with E-state index in [9.17, 15) is 4.79 Å². The summed E-state index contributed by atoms with van der Waals surface area (Å²) >= 11 is 1.44. The summed E-state index contributed by atoms with van der Waals surface area (Å²) in [7, 11) is 0. The van der Waals surface area contributed by atoms with Gasteiger partial charge in [0.2, 0.25) is 0 Å². The molecule has 3 aromatic rings. The van der Waals surface area contributed by atoms with Crippen LogP contribution in [0.2, 0.25) is 0 Å². The number of rotatable bonds is 2. The van der Waals surface area contributed by atoms with E-state index >= 15 is 0 Å². The summed E-state index contributed by atoms with van der Waals surface area (Å²) in [4.78, 5) is 25.5. The smallest absolute Gasteiger partial charge is 0.280 e. The summed E-state index contributed by atoms with van der Waals surface area (Å²) in [6, 6.07) is 1.90. The highest BCUT2D eigenvalue weighted by molar-refractivity contribution is 7.07. The van der Waals surface area contributed by atoms with Gasteiger partial charge >= 0.3 is 0 Å². The monoisotopic (exact) mass is 285 g/mol. The molecule has 0 amide bonds. The first-order chi connectivity index (χ1) is 9.75. The quantitative estimate of drug-likeness (QED) is 0.776. The highest BCUT2D eigenvalue weighted by Crippen LogP contribution is 2.36. The molecule has 2 N–H and O–H groups in total. The second-order valence-electron chi connectivity index (χ2n) is 4.81. The van der Waals surface area contributed by atoms with E-state index in [2.05, 4.69) is 15.0 Å². The largest absolute Gasteiger partial charge is 0.397 e. The van der Waals surface area contributed by atoms with E-state index in [1.54, 1.807) is 22.3 Å². The molecule has 20 heavy (non-hydrogen) atoms. The molecule has 0 saturated heterocycles. The lowest BCUT2D eigenvalue weighted by molar-refractivity contribution is 0.725. The normalized spacial score (nSPS) is 14.8. The molecule has 100 valence electrons. The van der Waals surface area contributed by atoms with Crippen LogP contribution in [0.1, 0.15) is 18.9 Å². The number of thiazole rings is 1. The van der Waals surface area contributed by atoms with Crippen molar-refractivity contribution in [1.82, 2.24) is 19.5 Å². The van der Waals surface area contributed by atoms with Crippen LogP contribution < -0.4 is 11.3 Å². The minimum atomic E-state index is -0.135. The Balaban J connectivity index is 2.14. The van der Waals surface area contributed by atoms with Crippen LogP contribution in [-0.4, -0.2) is 19.5 Å². The molecule has 1 saturated carbocycles. The van der Waals surface area contributed by atoms with Crippen LogP contribution in [0.15, 0.2) is 27.9 Å². The SMILES string of the molecule is Nc1ccnc2c1nc(-c1cscn1)c(=O)n2C1CC1. The summed E-state index contributed by atoms with van der Waals surface area (Å²) in [5.74, 6) is 0. The second-order valence-corrected chi connectivity index (χ2v) is 5.53. The van der Waals surface area contributed by atoms with Gasteiger partial charge in [0.05, 0.1) is 11.2 Å². The topological polar surface area (TPSA) is 86.7 Å². The van der Waals surface area contributed by atoms with Gasteiger partial charge in [-0.1, -0.05) is 0 Å². The van der Waals surface area contributed by atoms with Gasteiger partial charge in [-0.05, 0) is 18.9 Å². The Morgan fingerprint density at radius 3 is 2.90 bits per heavy atom. The van der Waals surface area contributed by atoms with Crippen LogP contribution >= 0.6 is 11.3 Å². The van der Waals surface area contributed by atoms with Crippen molar-refractivity contribution in [3.63, 3.8) is 0 Å². The maximum absolute atomic E-state index is 12.7. The fraction of sp³-hybridized carbons (Fsp3) is 0.231. The van der Waals surface area contributed by atoms with Crippen LogP contribution in [0.25, 0.3) is 22.6 Å². The van der Waals surface area contributed by atoms with Crippen molar-refractivity contribution in [1.29, 1.82) is 0 Å². The van der Waals surface area contributed by atoms with Gasteiger partial charge in [-0.25, -0.2) is 15.0 Å². The van der Waals surface area contributed by atoms with Crippen molar-refractivity contribution in [2.45, 2.75) is 18.9 Å². The maximum Gasteiger partial charge on any atom is 0.280 e. The molecule has 1 aliphatic rings. The van der Waals surface area contributed by atoms with Gasteiger partial charge in [0.15, 0.2) is 11.3 Å². The molecule has 0 aromatic carbocycles. The van der Waals surface area contributed by atoms with Crippen LogP contribution in [-0.2, 0) is 0 Å². The molecule has 0 spiro atoms. The van der Waals surface area contributed by atoms with E-state index in [4.69, 9.17) is 5.73 Å². The van der Waals surface area contributed by atoms with Crippen LogP contribution in [0.4, 0.5) is 5.69 Å². The summed E-state index contributed by atoms with van der Waals surface area (Å²) in [6.45, 7) is 0. The predicted molar refractivity (Wildman–Crippen MR) is 77.6 cm³/mol. The fourth-order valence-electron chi connectivity index (χ4n) is 2.29. The van der Waals surface area contributed by atoms with Gasteiger partial charge < -0.3 is 5.73 Å². The zero-order valence-electron chi connectivity index (χ0n) is 10.5. The van der Waals surface area contributed by atoms with E-state index < -0.39 is 0 Å². The Kier molecular flexibility index (Phi) is 2.37. The molecule has 0 atom stereocenters. The van der Waals surface area contributed by atoms with E-state index in [-0.39, 0.29) is 11.6 Å². The fourth-order valence-corrected chi connectivity index (χ4v) is 2.82. The Labute approximate surface area is 117 Å². The third-order valence-corrected chi connectivity index (χ3v) is 3.98. The van der Waals surface area contributed by atoms with E-state index in [1.165, 1.54) is 11.3 Å². The number of nitrogens with zero attached hydrogens (tertiary/aromatic N) is 4. The van der Waals surface area contributed by atoms with Crippen molar-refractivity contribution in [3.05, 3.63) is 33.5 Å². The van der Waals surface area contributed by atoms with E-state index in [0.29, 0.717) is 28.2 Å². The predicted octanol–water partition coefficient (Wildman–Crippen LogP) is 1.83. The lowest BCUT2D eigenvalue weighted by Gasteiger charge is -2.10. The molecular weight excluding hydrogens is 274 g/mol. The Morgan fingerprint density at radius 1 is 1.35 bits per heavy atom. The number of hydrogen-bond donors (Lipinski definition) is 1. The molecule has 6 nitrogen and oxygen atoms in total.